The quantitative estimate of drug-likeness (QED) is 0.481. The lowest BCUT2D eigenvalue weighted by atomic mass is 9.69. The molecule has 4 nitrogen and oxygen atoms in total. The largest absolute Gasteiger partial charge is 0.465 e. The van der Waals surface area contributed by atoms with Gasteiger partial charge >= 0.3 is 5.97 Å². The van der Waals surface area contributed by atoms with Crippen LogP contribution in [0.2, 0.25) is 10.2 Å². The molecule has 1 saturated carbocycles. The summed E-state index contributed by atoms with van der Waals surface area (Å²) < 4.78 is 5.14. The molecule has 0 amide bonds. The van der Waals surface area contributed by atoms with Gasteiger partial charge in [-0.2, -0.15) is 0 Å². The molecule has 1 aromatic rings. The van der Waals surface area contributed by atoms with E-state index < -0.39 is 11.4 Å². The predicted molar refractivity (Wildman–Crippen MR) is 80.5 cm³/mol. The van der Waals surface area contributed by atoms with Crippen molar-refractivity contribution in [3.63, 3.8) is 0 Å². The van der Waals surface area contributed by atoms with Crippen LogP contribution in [0.1, 0.15) is 38.2 Å². The van der Waals surface area contributed by atoms with Crippen molar-refractivity contribution >= 4 is 35.0 Å². The van der Waals surface area contributed by atoms with Crippen LogP contribution in [-0.2, 0) is 20.7 Å². The molecule has 6 heteroatoms. The average Bonchev–Trinajstić information content (AvgIpc) is 2.44. The van der Waals surface area contributed by atoms with Crippen LogP contribution in [0, 0.1) is 5.41 Å². The van der Waals surface area contributed by atoms with Crippen molar-refractivity contribution in [2.75, 3.05) is 6.61 Å². The van der Waals surface area contributed by atoms with Gasteiger partial charge in [-0.15, -0.1) is 0 Å². The Morgan fingerprint density at radius 1 is 1.43 bits per heavy atom. The van der Waals surface area contributed by atoms with E-state index >= 15 is 0 Å². The summed E-state index contributed by atoms with van der Waals surface area (Å²) in [5, 5.41) is 0.695. The molecule has 1 heterocycles. The fourth-order valence-corrected chi connectivity index (χ4v) is 3.16. The Hall–Kier alpha value is -1.13. The van der Waals surface area contributed by atoms with Crippen molar-refractivity contribution in [3.05, 3.63) is 28.0 Å². The molecule has 1 atom stereocenters. The Labute approximate surface area is 133 Å². The molecule has 0 radical (unpaired) electrons. The first kappa shape index (κ1) is 16.2. The van der Waals surface area contributed by atoms with Crippen LogP contribution in [0.5, 0.6) is 0 Å². The molecule has 21 heavy (non-hydrogen) atoms. The molecule has 1 aliphatic carbocycles. The van der Waals surface area contributed by atoms with Crippen LogP contribution in [0.25, 0.3) is 0 Å². The second-order valence-electron chi connectivity index (χ2n) is 5.21. The van der Waals surface area contributed by atoms with E-state index in [0.717, 1.165) is 12.8 Å². The Balaban J connectivity index is 2.35. The van der Waals surface area contributed by atoms with E-state index in [-0.39, 0.29) is 24.0 Å². The van der Waals surface area contributed by atoms with Crippen molar-refractivity contribution in [3.8, 4) is 0 Å². The summed E-state index contributed by atoms with van der Waals surface area (Å²) in [6, 6.07) is 1.52. The lowest BCUT2D eigenvalue weighted by Crippen LogP contribution is -2.44. The zero-order valence-corrected chi connectivity index (χ0v) is 13.3. The number of ether oxygens (including phenoxy) is 1. The van der Waals surface area contributed by atoms with E-state index in [2.05, 4.69) is 4.98 Å². The van der Waals surface area contributed by atoms with Gasteiger partial charge < -0.3 is 4.74 Å². The van der Waals surface area contributed by atoms with Crippen molar-refractivity contribution in [1.82, 2.24) is 4.98 Å². The molecular weight excluding hydrogens is 313 g/mol. The zero-order chi connectivity index (χ0) is 15.5. The van der Waals surface area contributed by atoms with Gasteiger partial charge in [-0.05, 0) is 37.8 Å². The predicted octanol–water partition coefficient (Wildman–Crippen LogP) is 3.62. The third-order valence-electron chi connectivity index (χ3n) is 3.85. The first-order valence-electron chi connectivity index (χ1n) is 7.00. The van der Waals surface area contributed by atoms with Crippen molar-refractivity contribution in [2.24, 2.45) is 5.41 Å². The van der Waals surface area contributed by atoms with Crippen LogP contribution in [0.15, 0.2) is 12.3 Å². The monoisotopic (exact) mass is 329 g/mol. The average molecular weight is 330 g/mol. The number of Topliss-reactive ketones (excluding diaryl/α,β-unsaturated/α-hetero) is 1. The highest BCUT2D eigenvalue weighted by Gasteiger charge is 2.48. The zero-order valence-electron chi connectivity index (χ0n) is 11.8. The van der Waals surface area contributed by atoms with E-state index in [9.17, 15) is 9.59 Å². The smallest absolute Gasteiger partial charge is 0.319 e. The van der Waals surface area contributed by atoms with Gasteiger partial charge in [0, 0.05) is 17.6 Å². The van der Waals surface area contributed by atoms with E-state index in [4.69, 9.17) is 27.9 Å². The third kappa shape index (κ3) is 3.38. The number of ketones is 1. The lowest BCUT2D eigenvalue weighted by molar-refractivity contribution is -0.162. The highest BCUT2D eigenvalue weighted by Crippen LogP contribution is 2.39. The Bertz CT molecular complexity index is 562. The SMILES string of the molecule is CCOC(=O)C1(Cc2cnc(Cl)cc2Cl)CCCCC1=O. The molecular formula is C15H17Cl2NO3. The minimum absolute atomic E-state index is 0.0711. The Morgan fingerprint density at radius 2 is 2.19 bits per heavy atom. The number of esters is 1. The number of hydrogen-bond donors (Lipinski definition) is 0. The van der Waals surface area contributed by atoms with Gasteiger partial charge in [-0.25, -0.2) is 4.98 Å². The molecule has 0 aliphatic heterocycles. The van der Waals surface area contributed by atoms with Crippen molar-refractivity contribution in [2.45, 2.75) is 39.0 Å². The molecule has 0 bridgehead atoms. The Morgan fingerprint density at radius 3 is 2.81 bits per heavy atom. The first-order valence-corrected chi connectivity index (χ1v) is 7.75. The normalized spacial score (nSPS) is 22.1. The summed E-state index contributed by atoms with van der Waals surface area (Å²) in [4.78, 5) is 28.8. The second-order valence-corrected chi connectivity index (χ2v) is 6.00. The van der Waals surface area contributed by atoms with E-state index in [0.29, 0.717) is 23.4 Å². The summed E-state index contributed by atoms with van der Waals surface area (Å²) in [6.45, 7) is 1.98. The van der Waals surface area contributed by atoms with Gasteiger partial charge in [0.1, 0.15) is 10.6 Å². The fraction of sp³-hybridized carbons (Fsp3) is 0.533. The minimum Gasteiger partial charge on any atom is -0.465 e. The molecule has 0 saturated heterocycles. The van der Waals surface area contributed by atoms with Gasteiger partial charge in [0.25, 0.3) is 0 Å². The minimum atomic E-state index is -1.13. The van der Waals surface area contributed by atoms with Gasteiger partial charge in [0.2, 0.25) is 0 Å². The Kier molecular flexibility index (Phi) is 5.22. The molecule has 1 aromatic heterocycles. The van der Waals surface area contributed by atoms with Gasteiger partial charge in [0.15, 0.2) is 5.78 Å². The molecule has 1 unspecified atom stereocenters. The van der Waals surface area contributed by atoms with E-state index in [1.807, 2.05) is 0 Å². The highest BCUT2D eigenvalue weighted by atomic mass is 35.5. The van der Waals surface area contributed by atoms with Crippen LogP contribution < -0.4 is 0 Å². The summed E-state index contributed by atoms with van der Waals surface area (Å²) >= 11 is 11.9. The molecule has 0 spiro atoms. The third-order valence-corrected chi connectivity index (χ3v) is 4.40. The fourth-order valence-electron chi connectivity index (χ4n) is 2.73. The first-order chi connectivity index (χ1) is 9.99. The number of hydrogen-bond acceptors (Lipinski definition) is 4. The van der Waals surface area contributed by atoms with E-state index in [1.54, 1.807) is 6.92 Å². The van der Waals surface area contributed by atoms with Crippen molar-refractivity contribution < 1.29 is 14.3 Å². The van der Waals surface area contributed by atoms with Crippen LogP contribution >= 0.6 is 23.2 Å². The van der Waals surface area contributed by atoms with Gasteiger partial charge in [-0.3, -0.25) is 9.59 Å². The number of nitrogens with zero attached hydrogens (tertiary/aromatic N) is 1. The summed E-state index contributed by atoms with van der Waals surface area (Å²) in [6.07, 6.45) is 4.26. The maximum atomic E-state index is 12.4. The maximum Gasteiger partial charge on any atom is 0.319 e. The molecule has 1 fully saturated rings. The molecule has 2 rings (SSSR count). The highest BCUT2D eigenvalue weighted by molar-refractivity contribution is 6.34. The number of halogens is 2. The number of carbonyl (C=O) groups is 2. The van der Waals surface area contributed by atoms with Crippen molar-refractivity contribution in [1.29, 1.82) is 0 Å². The second kappa shape index (κ2) is 6.75. The molecule has 114 valence electrons. The van der Waals surface area contributed by atoms with Gasteiger partial charge in [0.05, 0.1) is 6.61 Å². The number of rotatable bonds is 4. The summed E-state index contributed by atoms with van der Waals surface area (Å²) in [5.74, 6) is -0.529. The van der Waals surface area contributed by atoms with Crippen LogP contribution in [-0.4, -0.2) is 23.3 Å². The summed E-state index contributed by atoms with van der Waals surface area (Å²) in [7, 11) is 0. The van der Waals surface area contributed by atoms with Crippen LogP contribution in [0.3, 0.4) is 0 Å². The lowest BCUT2D eigenvalue weighted by Gasteiger charge is -2.33. The molecule has 0 N–H and O–H groups in total. The standard InChI is InChI=1S/C15H17Cl2NO3/c1-2-21-14(20)15(6-4-3-5-12(15)19)8-10-9-18-13(17)7-11(10)16/h7,9H,2-6,8H2,1H3. The number of aromatic nitrogens is 1. The number of carbonyl (C=O) groups excluding carboxylic acids is 2. The molecule has 1 aliphatic rings. The van der Waals surface area contributed by atoms with Gasteiger partial charge in [-0.1, -0.05) is 29.6 Å². The maximum absolute atomic E-state index is 12.4. The van der Waals surface area contributed by atoms with Crippen LogP contribution in [0.4, 0.5) is 0 Å². The topological polar surface area (TPSA) is 56.3 Å². The summed E-state index contributed by atoms with van der Waals surface area (Å²) in [5.41, 5.74) is -0.489. The molecule has 0 aromatic carbocycles. The van der Waals surface area contributed by atoms with E-state index in [1.165, 1.54) is 12.3 Å². The number of pyridine rings is 1.